The van der Waals surface area contributed by atoms with Gasteiger partial charge in [-0.3, -0.25) is 4.79 Å². The first-order chi connectivity index (χ1) is 13.1. The van der Waals surface area contributed by atoms with E-state index in [4.69, 9.17) is 4.74 Å². The average Bonchev–Trinajstić information content (AvgIpc) is 2.64. The molecule has 0 bridgehead atoms. The van der Waals surface area contributed by atoms with E-state index in [1.807, 2.05) is 32.9 Å². The largest absolute Gasteiger partial charge is 0.497 e. The van der Waals surface area contributed by atoms with Gasteiger partial charge in [-0.1, -0.05) is 17.7 Å². The second kappa shape index (κ2) is 9.21. The molecule has 0 aliphatic heterocycles. The van der Waals surface area contributed by atoms with E-state index in [0.29, 0.717) is 12.2 Å². The van der Waals surface area contributed by atoms with Crippen molar-refractivity contribution in [2.24, 2.45) is 0 Å². The summed E-state index contributed by atoms with van der Waals surface area (Å²) in [5.41, 5.74) is 4.02. The van der Waals surface area contributed by atoms with Crippen LogP contribution in [-0.4, -0.2) is 39.3 Å². The molecule has 0 saturated carbocycles. The third-order valence-corrected chi connectivity index (χ3v) is 6.46. The van der Waals surface area contributed by atoms with Crippen LogP contribution >= 0.6 is 0 Å². The summed E-state index contributed by atoms with van der Waals surface area (Å²) in [4.78, 5) is 12.5. The smallest absolute Gasteiger partial charge is 0.242 e. The molecule has 0 heterocycles. The minimum atomic E-state index is -3.59. The lowest BCUT2D eigenvalue weighted by atomic mass is 10.0. The Morgan fingerprint density at radius 3 is 2.18 bits per heavy atom. The molecule has 0 spiro atoms. The highest BCUT2D eigenvalue weighted by molar-refractivity contribution is 7.89. The lowest BCUT2D eigenvalue weighted by Crippen LogP contribution is -2.28. The third kappa shape index (κ3) is 5.33. The highest BCUT2D eigenvalue weighted by Gasteiger charge is 2.20. The van der Waals surface area contributed by atoms with Gasteiger partial charge in [0.25, 0.3) is 0 Å². The molecule has 0 saturated heterocycles. The molecular weight excluding hydrogens is 376 g/mol. The van der Waals surface area contributed by atoms with Crippen LogP contribution in [0, 0.1) is 20.8 Å². The molecule has 1 amide bonds. The number of methoxy groups -OCH3 is 1. The number of carbonyl (C=O) groups is 1. The van der Waals surface area contributed by atoms with Gasteiger partial charge in [-0.2, -0.15) is 0 Å². The predicted octanol–water partition coefficient (Wildman–Crippen LogP) is 3.66. The molecule has 0 radical (unpaired) electrons. The molecule has 0 aliphatic carbocycles. The molecule has 2 aromatic carbocycles. The van der Waals surface area contributed by atoms with Gasteiger partial charge in [-0.25, -0.2) is 12.7 Å². The summed E-state index contributed by atoms with van der Waals surface area (Å²) in [5, 5.41) is 2.94. The van der Waals surface area contributed by atoms with Crippen molar-refractivity contribution < 1.29 is 17.9 Å². The SMILES string of the molecule is COc1ccc(S(=O)(=O)N(C)CCCC(=O)Nc2c(C)cc(C)cc2C)cc1. The van der Waals surface area contributed by atoms with Crippen molar-refractivity contribution in [3.05, 3.63) is 53.1 Å². The summed E-state index contributed by atoms with van der Waals surface area (Å²) in [7, 11) is -0.545. The number of benzene rings is 2. The molecule has 28 heavy (non-hydrogen) atoms. The third-order valence-electron chi connectivity index (χ3n) is 4.59. The molecule has 0 aromatic heterocycles. The van der Waals surface area contributed by atoms with Crippen LogP contribution in [0.4, 0.5) is 5.69 Å². The summed E-state index contributed by atoms with van der Waals surface area (Å²) in [5.74, 6) is 0.477. The number of aryl methyl sites for hydroxylation is 3. The molecule has 6 nitrogen and oxygen atoms in total. The first-order valence-corrected chi connectivity index (χ1v) is 10.6. The number of nitrogens with one attached hydrogen (secondary N) is 1. The molecule has 2 aromatic rings. The van der Waals surface area contributed by atoms with Crippen LogP contribution in [0.3, 0.4) is 0 Å². The van der Waals surface area contributed by atoms with E-state index in [1.165, 1.54) is 30.6 Å². The van der Waals surface area contributed by atoms with Gasteiger partial charge in [0.15, 0.2) is 0 Å². The zero-order valence-corrected chi connectivity index (χ0v) is 17.9. The number of hydrogen-bond acceptors (Lipinski definition) is 4. The number of amides is 1. The number of carbonyl (C=O) groups excluding carboxylic acids is 1. The van der Waals surface area contributed by atoms with Crippen molar-refractivity contribution in [2.45, 2.75) is 38.5 Å². The number of rotatable bonds is 8. The minimum absolute atomic E-state index is 0.120. The lowest BCUT2D eigenvalue weighted by molar-refractivity contribution is -0.116. The Hall–Kier alpha value is -2.38. The first kappa shape index (κ1) is 21.9. The minimum Gasteiger partial charge on any atom is -0.497 e. The fourth-order valence-corrected chi connectivity index (χ4v) is 4.30. The molecule has 1 N–H and O–H groups in total. The lowest BCUT2D eigenvalue weighted by Gasteiger charge is -2.17. The topological polar surface area (TPSA) is 75.7 Å². The zero-order valence-electron chi connectivity index (χ0n) is 17.1. The normalized spacial score (nSPS) is 11.5. The number of ether oxygens (including phenoxy) is 1. The zero-order chi connectivity index (χ0) is 20.9. The number of sulfonamides is 1. The van der Waals surface area contributed by atoms with E-state index in [9.17, 15) is 13.2 Å². The maximum absolute atomic E-state index is 12.6. The van der Waals surface area contributed by atoms with Crippen molar-refractivity contribution in [2.75, 3.05) is 26.0 Å². The molecular formula is C21H28N2O4S. The Morgan fingerprint density at radius 1 is 1.07 bits per heavy atom. The van der Waals surface area contributed by atoms with Gasteiger partial charge < -0.3 is 10.1 Å². The Morgan fingerprint density at radius 2 is 1.64 bits per heavy atom. The van der Waals surface area contributed by atoms with Crippen LogP contribution < -0.4 is 10.1 Å². The maximum Gasteiger partial charge on any atom is 0.242 e. The molecule has 0 unspecified atom stereocenters. The van der Waals surface area contributed by atoms with E-state index >= 15 is 0 Å². The highest BCUT2D eigenvalue weighted by atomic mass is 32.2. The Labute approximate surface area is 167 Å². The Kier molecular flexibility index (Phi) is 7.21. The molecule has 0 atom stereocenters. The van der Waals surface area contributed by atoms with E-state index in [1.54, 1.807) is 12.1 Å². The van der Waals surface area contributed by atoms with Crippen LogP contribution in [0.2, 0.25) is 0 Å². The number of anilines is 1. The summed E-state index contributed by atoms with van der Waals surface area (Å²) in [6, 6.07) is 10.3. The first-order valence-electron chi connectivity index (χ1n) is 9.13. The van der Waals surface area contributed by atoms with E-state index < -0.39 is 10.0 Å². The Bertz CT molecular complexity index is 914. The van der Waals surface area contributed by atoms with Crippen molar-refractivity contribution >= 4 is 21.6 Å². The second-order valence-corrected chi connectivity index (χ2v) is 8.97. The Balaban J connectivity index is 1.92. The standard InChI is InChI=1S/C21H28N2O4S/c1-15-13-16(2)21(17(3)14-15)22-20(24)7-6-12-23(4)28(25,26)19-10-8-18(27-5)9-11-19/h8-11,13-14H,6-7,12H2,1-5H3,(H,22,24). The van der Waals surface area contributed by atoms with Crippen LogP contribution in [-0.2, 0) is 14.8 Å². The van der Waals surface area contributed by atoms with Crippen molar-refractivity contribution in [3.8, 4) is 5.75 Å². The molecule has 7 heteroatoms. The summed E-state index contributed by atoms with van der Waals surface area (Å²) in [6.07, 6.45) is 0.677. The van der Waals surface area contributed by atoms with Crippen LogP contribution in [0.15, 0.2) is 41.3 Å². The van der Waals surface area contributed by atoms with Gasteiger partial charge in [0.1, 0.15) is 5.75 Å². The van der Waals surface area contributed by atoms with Crippen LogP contribution in [0.25, 0.3) is 0 Å². The van der Waals surface area contributed by atoms with Gasteiger partial charge in [0, 0.05) is 25.7 Å². The van der Waals surface area contributed by atoms with E-state index in [0.717, 1.165) is 22.4 Å². The molecule has 0 fully saturated rings. The number of hydrogen-bond donors (Lipinski definition) is 1. The second-order valence-electron chi connectivity index (χ2n) is 6.93. The van der Waals surface area contributed by atoms with Crippen LogP contribution in [0.5, 0.6) is 5.75 Å². The van der Waals surface area contributed by atoms with Gasteiger partial charge in [0.2, 0.25) is 15.9 Å². The fraction of sp³-hybridized carbons (Fsp3) is 0.381. The summed E-state index contributed by atoms with van der Waals surface area (Å²) >= 11 is 0. The van der Waals surface area contributed by atoms with Gasteiger partial charge in [-0.05, 0) is 62.6 Å². The highest BCUT2D eigenvalue weighted by Crippen LogP contribution is 2.22. The fourth-order valence-electron chi connectivity index (χ4n) is 3.09. The quantitative estimate of drug-likeness (QED) is 0.728. The van der Waals surface area contributed by atoms with Crippen molar-refractivity contribution in [1.29, 1.82) is 0 Å². The van der Waals surface area contributed by atoms with Gasteiger partial charge in [0.05, 0.1) is 12.0 Å². The summed E-state index contributed by atoms with van der Waals surface area (Å²) in [6.45, 7) is 6.20. The monoisotopic (exact) mass is 404 g/mol. The van der Waals surface area contributed by atoms with Crippen molar-refractivity contribution in [3.63, 3.8) is 0 Å². The molecule has 2 rings (SSSR count). The van der Waals surface area contributed by atoms with Crippen LogP contribution in [0.1, 0.15) is 29.5 Å². The van der Waals surface area contributed by atoms with Crippen molar-refractivity contribution in [1.82, 2.24) is 4.31 Å². The van der Waals surface area contributed by atoms with E-state index in [-0.39, 0.29) is 23.8 Å². The summed E-state index contributed by atoms with van der Waals surface area (Å²) < 4.78 is 31.5. The van der Waals surface area contributed by atoms with Gasteiger partial charge in [-0.15, -0.1) is 0 Å². The van der Waals surface area contributed by atoms with Gasteiger partial charge >= 0.3 is 0 Å². The number of nitrogens with zero attached hydrogens (tertiary/aromatic N) is 1. The van der Waals surface area contributed by atoms with E-state index in [2.05, 4.69) is 5.32 Å². The molecule has 152 valence electrons. The maximum atomic E-state index is 12.6. The average molecular weight is 405 g/mol. The predicted molar refractivity (Wildman–Crippen MR) is 111 cm³/mol. The molecule has 0 aliphatic rings.